The topological polar surface area (TPSA) is 46.3 Å². The summed E-state index contributed by atoms with van der Waals surface area (Å²) in [5.74, 6) is 5.39. The minimum absolute atomic E-state index is 0.106. The molecule has 0 rings (SSSR count). The van der Waals surface area contributed by atoms with Crippen molar-refractivity contribution in [2.45, 2.75) is 13.8 Å². The maximum atomic E-state index is 10.3. The lowest BCUT2D eigenvalue weighted by molar-refractivity contribution is -0.118. The number of ketones is 1. The summed E-state index contributed by atoms with van der Waals surface area (Å²) in [6.07, 6.45) is 0. The zero-order chi connectivity index (χ0) is 6.57. The number of rotatable bonds is 3. The van der Waals surface area contributed by atoms with Crippen LogP contribution in [0, 0.1) is 0 Å². The fourth-order valence-electron chi connectivity index (χ4n) is 0.398. The maximum Gasteiger partial charge on any atom is 0.145 e. The molecule has 0 aromatic carbocycles. The predicted octanol–water partition coefficient (Wildman–Crippen LogP) is -0.229. The van der Waals surface area contributed by atoms with Crippen molar-refractivity contribution < 1.29 is 4.79 Å². The monoisotopic (exact) mass is 116 g/mol. The minimum Gasteiger partial charge on any atom is -0.299 e. The second kappa shape index (κ2) is 3.57. The fraction of sp³-hybridized carbons (Fsp3) is 0.800. The van der Waals surface area contributed by atoms with Gasteiger partial charge in [0.25, 0.3) is 0 Å². The van der Waals surface area contributed by atoms with Gasteiger partial charge in [-0.05, 0) is 6.92 Å². The standard InChI is InChI=1S/C5H12N2O/c1-3-7(6)4-5(2)8/h3-4,6H2,1-2H3. The molecule has 0 fully saturated rings. The molecule has 0 atom stereocenters. The Balaban J connectivity index is 3.24. The van der Waals surface area contributed by atoms with E-state index >= 15 is 0 Å². The Kier molecular flexibility index (Phi) is 3.39. The highest BCUT2D eigenvalue weighted by Crippen LogP contribution is 1.75. The maximum absolute atomic E-state index is 10.3. The summed E-state index contributed by atoms with van der Waals surface area (Å²) in [4.78, 5) is 10.3. The smallest absolute Gasteiger partial charge is 0.145 e. The average Bonchev–Trinajstić information content (AvgIpc) is 1.65. The third-order valence-corrected chi connectivity index (χ3v) is 0.832. The number of hydrogen-bond acceptors (Lipinski definition) is 3. The third kappa shape index (κ3) is 3.77. The number of carbonyl (C=O) groups excluding carboxylic acids is 1. The Morgan fingerprint density at radius 3 is 2.38 bits per heavy atom. The van der Waals surface area contributed by atoms with E-state index in [2.05, 4.69) is 0 Å². The lowest BCUT2D eigenvalue weighted by atomic mass is 10.4. The van der Waals surface area contributed by atoms with Crippen molar-refractivity contribution >= 4 is 5.78 Å². The first kappa shape index (κ1) is 7.59. The van der Waals surface area contributed by atoms with Crippen LogP contribution >= 0.6 is 0 Å². The van der Waals surface area contributed by atoms with Gasteiger partial charge in [0.1, 0.15) is 5.78 Å². The molecule has 0 saturated carbocycles. The van der Waals surface area contributed by atoms with Gasteiger partial charge in [0.15, 0.2) is 0 Å². The summed E-state index contributed by atoms with van der Waals surface area (Å²) in [7, 11) is 0. The van der Waals surface area contributed by atoms with Crippen LogP contribution in [-0.2, 0) is 4.79 Å². The van der Waals surface area contributed by atoms with E-state index in [0.717, 1.165) is 6.54 Å². The molecule has 8 heavy (non-hydrogen) atoms. The number of Topliss-reactive ketones (excluding diaryl/α,β-unsaturated/α-hetero) is 1. The van der Waals surface area contributed by atoms with Gasteiger partial charge in [0.05, 0.1) is 6.54 Å². The van der Waals surface area contributed by atoms with Crippen LogP contribution in [0.3, 0.4) is 0 Å². The number of hydrazine groups is 1. The van der Waals surface area contributed by atoms with Crippen LogP contribution < -0.4 is 5.84 Å². The average molecular weight is 116 g/mol. The van der Waals surface area contributed by atoms with E-state index in [9.17, 15) is 4.79 Å². The van der Waals surface area contributed by atoms with Crippen molar-refractivity contribution in [2.75, 3.05) is 13.1 Å². The molecular formula is C5H12N2O. The van der Waals surface area contributed by atoms with Crippen LogP contribution in [0.4, 0.5) is 0 Å². The van der Waals surface area contributed by atoms with E-state index in [4.69, 9.17) is 5.84 Å². The lowest BCUT2D eigenvalue weighted by Gasteiger charge is -2.09. The van der Waals surface area contributed by atoms with Crippen LogP contribution in [0.25, 0.3) is 0 Å². The van der Waals surface area contributed by atoms with Crippen LogP contribution in [0.2, 0.25) is 0 Å². The Hall–Kier alpha value is -0.410. The molecule has 0 amide bonds. The molecule has 0 aliphatic rings. The largest absolute Gasteiger partial charge is 0.299 e. The molecule has 0 aromatic heterocycles. The van der Waals surface area contributed by atoms with Crippen molar-refractivity contribution in [2.24, 2.45) is 5.84 Å². The number of hydrogen-bond donors (Lipinski definition) is 1. The van der Waals surface area contributed by atoms with Crippen molar-refractivity contribution in [3.63, 3.8) is 0 Å². The first-order chi connectivity index (χ1) is 3.66. The van der Waals surface area contributed by atoms with Crippen LogP contribution in [0.5, 0.6) is 0 Å². The highest BCUT2D eigenvalue weighted by atomic mass is 16.1. The van der Waals surface area contributed by atoms with Gasteiger partial charge >= 0.3 is 0 Å². The van der Waals surface area contributed by atoms with Gasteiger partial charge in [-0.2, -0.15) is 0 Å². The molecule has 0 radical (unpaired) electrons. The van der Waals surface area contributed by atoms with Gasteiger partial charge in [-0.3, -0.25) is 10.6 Å². The molecule has 0 spiro atoms. The van der Waals surface area contributed by atoms with E-state index in [1.165, 1.54) is 11.9 Å². The summed E-state index contributed by atoms with van der Waals surface area (Å²) in [6, 6.07) is 0. The molecule has 3 nitrogen and oxygen atoms in total. The first-order valence-corrected chi connectivity index (χ1v) is 2.66. The summed E-state index contributed by atoms with van der Waals surface area (Å²) < 4.78 is 0. The molecular weight excluding hydrogens is 104 g/mol. The normalized spacial score (nSPS) is 10.0. The summed E-state index contributed by atoms with van der Waals surface area (Å²) in [6.45, 7) is 4.51. The van der Waals surface area contributed by atoms with Crippen molar-refractivity contribution in [1.29, 1.82) is 0 Å². The third-order valence-electron chi connectivity index (χ3n) is 0.832. The highest BCUT2D eigenvalue weighted by Gasteiger charge is 1.96. The lowest BCUT2D eigenvalue weighted by Crippen LogP contribution is -2.34. The Bertz CT molecular complexity index is 82.5. The molecule has 0 unspecified atom stereocenters. The first-order valence-electron chi connectivity index (χ1n) is 2.66. The van der Waals surface area contributed by atoms with Gasteiger partial charge < -0.3 is 0 Å². The molecule has 48 valence electrons. The van der Waals surface area contributed by atoms with E-state index in [0.29, 0.717) is 6.54 Å². The van der Waals surface area contributed by atoms with Gasteiger partial charge in [0, 0.05) is 6.54 Å². The summed E-state index contributed by atoms with van der Waals surface area (Å²) >= 11 is 0. The summed E-state index contributed by atoms with van der Waals surface area (Å²) in [5, 5.41) is 1.47. The molecule has 0 bridgehead atoms. The Morgan fingerprint density at radius 2 is 2.25 bits per heavy atom. The molecule has 0 aliphatic carbocycles. The zero-order valence-electron chi connectivity index (χ0n) is 5.35. The van der Waals surface area contributed by atoms with Gasteiger partial charge in [-0.15, -0.1) is 0 Å². The highest BCUT2D eigenvalue weighted by molar-refractivity contribution is 5.77. The summed E-state index contributed by atoms with van der Waals surface area (Å²) in [5.41, 5.74) is 0. The molecule has 2 N–H and O–H groups in total. The van der Waals surface area contributed by atoms with E-state index < -0.39 is 0 Å². The van der Waals surface area contributed by atoms with Crippen molar-refractivity contribution in [3.05, 3.63) is 0 Å². The van der Waals surface area contributed by atoms with Gasteiger partial charge in [-0.1, -0.05) is 6.92 Å². The molecule has 0 aliphatic heterocycles. The minimum atomic E-state index is 0.106. The van der Waals surface area contributed by atoms with Crippen LogP contribution in [-0.4, -0.2) is 23.9 Å². The second-order valence-corrected chi connectivity index (χ2v) is 1.77. The number of likely N-dealkylation sites (N-methyl/N-ethyl adjacent to an activating group) is 1. The number of nitrogens with two attached hydrogens (primary N) is 1. The van der Waals surface area contributed by atoms with Crippen LogP contribution in [0.1, 0.15) is 13.8 Å². The fourth-order valence-corrected chi connectivity index (χ4v) is 0.398. The predicted molar refractivity (Wildman–Crippen MR) is 32.1 cm³/mol. The number of nitrogens with zero attached hydrogens (tertiary/aromatic N) is 1. The number of carbonyl (C=O) groups is 1. The Labute approximate surface area is 49.4 Å². The molecule has 0 saturated heterocycles. The molecule has 0 aromatic rings. The molecule has 3 heteroatoms. The van der Waals surface area contributed by atoms with Crippen molar-refractivity contribution in [1.82, 2.24) is 5.01 Å². The van der Waals surface area contributed by atoms with Crippen molar-refractivity contribution in [3.8, 4) is 0 Å². The van der Waals surface area contributed by atoms with E-state index in [1.807, 2.05) is 6.92 Å². The van der Waals surface area contributed by atoms with E-state index in [-0.39, 0.29) is 5.78 Å². The second-order valence-electron chi connectivity index (χ2n) is 1.77. The van der Waals surface area contributed by atoms with Gasteiger partial charge in [0.2, 0.25) is 0 Å². The Morgan fingerprint density at radius 1 is 1.75 bits per heavy atom. The van der Waals surface area contributed by atoms with E-state index in [1.54, 1.807) is 0 Å². The SMILES string of the molecule is CCN(N)CC(C)=O. The quantitative estimate of drug-likeness (QED) is 0.409. The zero-order valence-corrected chi connectivity index (χ0v) is 5.35. The van der Waals surface area contributed by atoms with Gasteiger partial charge in [-0.25, -0.2) is 5.01 Å². The molecule has 0 heterocycles. The van der Waals surface area contributed by atoms with Crippen LogP contribution in [0.15, 0.2) is 0 Å².